The third kappa shape index (κ3) is 4.75. The first kappa shape index (κ1) is 23.1. The minimum absolute atomic E-state index is 0.0200. The minimum atomic E-state index is -0.0569. The number of aromatic nitrogens is 1. The number of halogens is 1. The summed E-state index contributed by atoms with van der Waals surface area (Å²) in [6.07, 6.45) is 7.22. The van der Waals surface area contributed by atoms with Crippen molar-refractivity contribution in [3.63, 3.8) is 0 Å². The van der Waals surface area contributed by atoms with Gasteiger partial charge in [-0.3, -0.25) is 9.59 Å². The van der Waals surface area contributed by atoms with Crippen LogP contribution in [0.1, 0.15) is 30.4 Å². The van der Waals surface area contributed by atoms with Crippen LogP contribution in [0, 0.1) is 5.92 Å². The molecular weight excluding hydrogens is 466 g/mol. The maximum Gasteiger partial charge on any atom is 0.260 e. The molecule has 1 saturated carbocycles. The van der Waals surface area contributed by atoms with Crippen molar-refractivity contribution < 1.29 is 9.59 Å². The van der Waals surface area contributed by atoms with Crippen molar-refractivity contribution in [2.75, 3.05) is 13.6 Å². The van der Waals surface area contributed by atoms with Crippen molar-refractivity contribution in [3.05, 3.63) is 75.8 Å². The molecule has 3 unspecified atom stereocenters. The fraction of sp³-hybridized carbons (Fsp3) is 0.333. The van der Waals surface area contributed by atoms with Gasteiger partial charge in [0.25, 0.3) is 5.91 Å². The van der Waals surface area contributed by atoms with E-state index in [2.05, 4.69) is 22.4 Å². The first-order valence-corrected chi connectivity index (χ1v) is 13.0. The average Bonchev–Trinajstić information content (AvgIpc) is 3.25. The summed E-state index contributed by atoms with van der Waals surface area (Å²) < 4.78 is 0. The second kappa shape index (κ2) is 9.88. The fourth-order valence-corrected chi connectivity index (χ4v) is 6.77. The average molecular weight is 494 g/mol. The molecule has 3 aromatic rings. The number of aromatic amines is 1. The Kier molecular flexibility index (Phi) is 6.70. The summed E-state index contributed by atoms with van der Waals surface area (Å²) in [5.41, 5.74) is 3.26. The van der Waals surface area contributed by atoms with Crippen LogP contribution in [0.25, 0.3) is 17.0 Å². The number of likely N-dealkylation sites (N-methyl/N-ethyl adjacent to an activating group) is 1. The van der Waals surface area contributed by atoms with E-state index < -0.39 is 0 Å². The Hall–Kier alpha value is -2.70. The standard InChI is InChI=1S/C27H28ClN3O2S/c1-31-23-15-18(26(32)29-12-11-19-16-30-22-8-3-2-7-21(19)22)9-10-24(23)34-25(27(31)33)14-17-5-4-6-20(28)13-17/h2-8,13-14,16,18,23-24,30H,9-12,15H2,1H3,(H,29,32)/b25-14-. The number of nitrogens with zero attached hydrogens (tertiary/aromatic N) is 1. The second-order valence-corrected chi connectivity index (χ2v) is 10.8. The summed E-state index contributed by atoms with van der Waals surface area (Å²) in [5.74, 6) is 0.0644. The number of nitrogens with one attached hydrogen (secondary N) is 2. The lowest BCUT2D eigenvalue weighted by Gasteiger charge is -2.44. The lowest BCUT2D eigenvalue weighted by Crippen LogP contribution is -2.52. The van der Waals surface area contributed by atoms with Gasteiger partial charge in [-0.15, -0.1) is 11.8 Å². The highest BCUT2D eigenvalue weighted by atomic mass is 35.5. The van der Waals surface area contributed by atoms with Crippen molar-refractivity contribution >= 4 is 52.2 Å². The van der Waals surface area contributed by atoms with E-state index in [4.69, 9.17) is 11.6 Å². The number of para-hydroxylation sites is 1. The predicted octanol–water partition coefficient (Wildman–Crippen LogP) is 5.26. The van der Waals surface area contributed by atoms with E-state index in [1.165, 1.54) is 10.9 Å². The zero-order valence-corrected chi connectivity index (χ0v) is 20.7. The number of hydrogen-bond acceptors (Lipinski definition) is 3. The third-order valence-corrected chi connectivity index (χ3v) is 8.58. The third-order valence-electron chi connectivity index (χ3n) is 6.95. The van der Waals surface area contributed by atoms with Gasteiger partial charge in [0, 0.05) is 52.9 Å². The summed E-state index contributed by atoms with van der Waals surface area (Å²) in [4.78, 5) is 31.9. The van der Waals surface area contributed by atoms with Gasteiger partial charge in [0.05, 0.1) is 4.91 Å². The van der Waals surface area contributed by atoms with Gasteiger partial charge in [0.2, 0.25) is 5.91 Å². The molecule has 1 aliphatic carbocycles. The summed E-state index contributed by atoms with van der Waals surface area (Å²) >= 11 is 7.75. The van der Waals surface area contributed by atoms with E-state index in [1.54, 1.807) is 11.8 Å². The number of rotatable bonds is 5. The Morgan fingerprint density at radius 1 is 1.24 bits per heavy atom. The number of hydrogen-bond donors (Lipinski definition) is 2. The van der Waals surface area contributed by atoms with Crippen molar-refractivity contribution in [1.82, 2.24) is 15.2 Å². The summed E-state index contributed by atoms with van der Waals surface area (Å²) in [7, 11) is 1.86. The predicted molar refractivity (Wildman–Crippen MR) is 140 cm³/mol. The number of thioether (sulfide) groups is 1. The number of benzene rings is 2. The minimum Gasteiger partial charge on any atom is -0.361 e. The molecular formula is C27H28ClN3O2S. The van der Waals surface area contributed by atoms with E-state index in [0.717, 1.165) is 35.2 Å². The Balaban J connectivity index is 1.18. The molecule has 2 amide bonds. The van der Waals surface area contributed by atoms with Crippen LogP contribution in [0.5, 0.6) is 0 Å². The van der Waals surface area contributed by atoms with Gasteiger partial charge in [-0.05, 0) is 61.1 Å². The molecule has 5 nitrogen and oxygen atoms in total. The molecule has 5 rings (SSSR count). The highest BCUT2D eigenvalue weighted by Crippen LogP contribution is 2.43. The summed E-state index contributed by atoms with van der Waals surface area (Å²) in [5, 5.41) is 5.31. The van der Waals surface area contributed by atoms with Gasteiger partial charge in [-0.25, -0.2) is 0 Å². The van der Waals surface area contributed by atoms with E-state index >= 15 is 0 Å². The molecule has 2 N–H and O–H groups in total. The Morgan fingerprint density at radius 3 is 2.94 bits per heavy atom. The Morgan fingerprint density at radius 2 is 2.09 bits per heavy atom. The molecule has 3 atom stereocenters. The number of carbonyl (C=O) groups excluding carboxylic acids is 2. The molecule has 1 aliphatic heterocycles. The Bertz CT molecular complexity index is 1250. The van der Waals surface area contributed by atoms with Crippen LogP contribution in [0.2, 0.25) is 5.02 Å². The van der Waals surface area contributed by atoms with Crippen molar-refractivity contribution in [3.8, 4) is 0 Å². The molecule has 2 heterocycles. The summed E-state index contributed by atoms with van der Waals surface area (Å²) in [6.45, 7) is 0.612. The molecule has 176 valence electrons. The molecule has 0 bridgehead atoms. The van der Waals surface area contributed by atoms with Crippen LogP contribution in [0.15, 0.2) is 59.6 Å². The maximum atomic E-state index is 13.1. The zero-order valence-electron chi connectivity index (χ0n) is 19.1. The van der Waals surface area contributed by atoms with Gasteiger partial charge >= 0.3 is 0 Å². The molecule has 7 heteroatoms. The maximum absolute atomic E-state index is 13.1. The first-order chi connectivity index (χ1) is 16.5. The van der Waals surface area contributed by atoms with E-state index in [0.29, 0.717) is 23.2 Å². The number of fused-ring (bicyclic) bond motifs is 2. The molecule has 1 saturated heterocycles. The number of H-pyrrole nitrogens is 1. The largest absolute Gasteiger partial charge is 0.361 e. The van der Waals surface area contributed by atoms with E-state index in [-0.39, 0.29) is 23.8 Å². The highest BCUT2D eigenvalue weighted by Gasteiger charge is 2.42. The molecule has 1 aromatic heterocycles. The van der Waals surface area contributed by atoms with Crippen LogP contribution in [0.3, 0.4) is 0 Å². The molecule has 0 spiro atoms. The fourth-order valence-electron chi connectivity index (χ4n) is 5.09. The van der Waals surface area contributed by atoms with Crippen molar-refractivity contribution in [2.24, 2.45) is 5.92 Å². The second-order valence-electron chi connectivity index (χ2n) is 9.11. The number of carbonyl (C=O) groups is 2. The van der Waals surface area contributed by atoms with Gasteiger partial charge < -0.3 is 15.2 Å². The van der Waals surface area contributed by atoms with Gasteiger partial charge in [0.1, 0.15) is 0 Å². The topological polar surface area (TPSA) is 65.2 Å². The lowest BCUT2D eigenvalue weighted by molar-refractivity contribution is -0.131. The van der Waals surface area contributed by atoms with Crippen LogP contribution in [-0.2, 0) is 16.0 Å². The van der Waals surface area contributed by atoms with Crippen LogP contribution in [-0.4, -0.2) is 46.6 Å². The molecule has 0 radical (unpaired) electrons. The zero-order chi connectivity index (χ0) is 23.7. The Labute approximate surface area is 208 Å². The van der Waals surface area contributed by atoms with Gasteiger partial charge in [-0.2, -0.15) is 0 Å². The normalized spacial score (nSPS) is 23.8. The van der Waals surface area contributed by atoms with Crippen LogP contribution >= 0.6 is 23.4 Å². The van der Waals surface area contributed by atoms with Gasteiger partial charge in [0.15, 0.2) is 0 Å². The van der Waals surface area contributed by atoms with Crippen molar-refractivity contribution in [1.29, 1.82) is 0 Å². The molecule has 2 fully saturated rings. The van der Waals surface area contributed by atoms with Crippen LogP contribution < -0.4 is 5.32 Å². The first-order valence-electron chi connectivity index (χ1n) is 11.7. The molecule has 2 aromatic carbocycles. The molecule has 2 aliphatic rings. The van der Waals surface area contributed by atoms with Gasteiger partial charge in [-0.1, -0.05) is 41.9 Å². The van der Waals surface area contributed by atoms with Crippen LogP contribution in [0.4, 0.5) is 0 Å². The number of amides is 2. The SMILES string of the molecule is CN1C(=O)/C(=C/c2cccc(Cl)c2)SC2CCC(C(=O)NCCc3c[nH]c4ccccc34)CC21. The smallest absolute Gasteiger partial charge is 0.260 e. The van der Waals surface area contributed by atoms with E-state index in [9.17, 15) is 9.59 Å². The lowest BCUT2D eigenvalue weighted by atomic mass is 9.83. The monoisotopic (exact) mass is 493 g/mol. The highest BCUT2D eigenvalue weighted by molar-refractivity contribution is 8.04. The van der Waals surface area contributed by atoms with Crippen molar-refractivity contribution in [2.45, 2.75) is 37.0 Å². The quantitative estimate of drug-likeness (QED) is 0.476. The van der Waals surface area contributed by atoms with E-state index in [1.807, 2.05) is 60.6 Å². The molecule has 34 heavy (non-hydrogen) atoms. The summed E-state index contributed by atoms with van der Waals surface area (Å²) in [6, 6.07) is 15.8.